The predicted molar refractivity (Wildman–Crippen MR) is 68.9 cm³/mol. The van der Waals surface area contributed by atoms with E-state index in [1.165, 1.54) is 5.56 Å². The van der Waals surface area contributed by atoms with E-state index in [2.05, 4.69) is 25.6 Å². The molecular weight excluding hydrogens is 182 g/mol. The second-order valence-corrected chi connectivity index (χ2v) is 3.31. The van der Waals surface area contributed by atoms with Crippen LogP contribution >= 0.6 is 0 Å². The van der Waals surface area contributed by atoms with Crippen LogP contribution in [0.5, 0.6) is 0 Å². The summed E-state index contributed by atoms with van der Waals surface area (Å²) in [4.78, 5) is 0. The van der Waals surface area contributed by atoms with Crippen LogP contribution in [0.1, 0.15) is 32.8 Å². The van der Waals surface area contributed by atoms with Crippen molar-refractivity contribution in [2.45, 2.75) is 39.7 Å². The fourth-order valence-electron chi connectivity index (χ4n) is 1.27. The summed E-state index contributed by atoms with van der Waals surface area (Å²) in [5.41, 5.74) is 8.37. The maximum absolute atomic E-state index is 5.96. The van der Waals surface area contributed by atoms with Crippen LogP contribution in [0.4, 0.5) is 0 Å². The maximum Gasteiger partial charge on any atom is 0.0291 e. The maximum atomic E-state index is 5.96. The van der Waals surface area contributed by atoms with Gasteiger partial charge in [-0.1, -0.05) is 63.3 Å². The lowest BCUT2D eigenvalue weighted by Crippen LogP contribution is -2.24. The minimum absolute atomic E-state index is 0.104. The lowest BCUT2D eigenvalue weighted by Gasteiger charge is -2.12. The molecule has 1 aromatic carbocycles. The first kappa shape index (κ1) is 13.9. The molecule has 1 rings (SSSR count). The highest BCUT2D eigenvalue weighted by molar-refractivity contribution is 5.19. The first-order valence-electron chi connectivity index (χ1n) is 5.71. The van der Waals surface area contributed by atoms with Crippen LogP contribution in [-0.2, 0) is 6.42 Å². The van der Waals surface area contributed by atoms with Gasteiger partial charge in [0.2, 0.25) is 0 Å². The Morgan fingerprint density at radius 3 is 2.27 bits per heavy atom. The molecule has 0 amide bonds. The van der Waals surface area contributed by atoms with Gasteiger partial charge in [-0.3, -0.25) is 0 Å². The van der Waals surface area contributed by atoms with E-state index in [1.54, 1.807) is 0 Å². The van der Waals surface area contributed by atoms with Crippen LogP contribution in [0.3, 0.4) is 0 Å². The Balaban J connectivity index is 0.000000921. The van der Waals surface area contributed by atoms with Gasteiger partial charge in [-0.25, -0.2) is 0 Å². The fourth-order valence-corrected chi connectivity index (χ4v) is 1.27. The molecule has 1 atom stereocenters. The van der Waals surface area contributed by atoms with E-state index in [0.29, 0.717) is 0 Å². The molecule has 1 aromatic rings. The smallest absolute Gasteiger partial charge is 0.0291 e. The molecule has 15 heavy (non-hydrogen) atoms. The van der Waals surface area contributed by atoms with E-state index < -0.39 is 0 Å². The van der Waals surface area contributed by atoms with Gasteiger partial charge in [-0.15, -0.1) is 0 Å². The van der Waals surface area contributed by atoms with E-state index in [-0.39, 0.29) is 6.04 Å². The Kier molecular flexibility index (Phi) is 7.65. The minimum Gasteiger partial charge on any atom is -0.324 e. The van der Waals surface area contributed by atoms with Crippen molar-refractivity contribution in [2.24, 2.45) is 5.73 Å². The highest BCUT2D eigenvalue weighted by Gasteiger charge is 2.05. The molecule has 0 bridgehead atoms. The second kappa shape index (κ2) is 8.25. The summed E-state index contributed by atoms with van der Waals surface area (Å²) in [7, 11) is 0. The summed E-state index contributed by atoms with van der Waals surface area (Å²) >= 11 is 0. The Labute approximate surface area is 94.0 Å². The second-order valence-electron chi connectivity index (χ2n) is 3.31. The number of rotatable bonds is 4. The monoisotopic (exact) mass is 205 g/mol. The Hall–Kier alpha value is -1.08. The summed E-state index contributed by atoms with van der Waals surface area (Å²) < 4.78 is 0. The first-order valence-corrected chi connectivity index (χ1v) is 5.71. The van der Waals surface area contributed by atoms with Crippen LogP contribution in [0.2, 0.25) is 0 Å². The van der Waals surface area contributed by atoms with Crippen molar-refractivity contribution in [2.75, 3.05) is 0 Å². The Morgan fingerprint density at radius 2 is 1.80 bits per heavy atom. The van der Waals surface area contributed by atoms with E-state index >= 15 is 0 Å². The van der Waals surface area contributed by atoms with Gasteiger partial charge in [0.15, 0.2) is 0 Å². The number of hydrogen-bond acceptors (Lipinski definition) is 1. The summed E-state index contributed by atoms with van der Waals surface area (Å²) in [5, 5.41) is 0. The number of benzene rings is 1. The van der Waals surface area contributed by atoms with Gasteiger partial charge in [0.1, 0.15) is 0 Å². The van der Waals surface area contributed by atoms with Crippen molar-refractivity contribution in [3.63, 3.8) is 0 Å². The van der Waals surface area contributed by atoms with Gasteiger partial charge < -0.3 is 5.73 Å². The molecular formula is C14H23N. The molecule has 0 spiro atoms. The van der Waals surface area contributed by atoms with Gasteiger partial charge in [0, 0.05) is 6.04 Å². The summed E-state index contributed by atoms with van der Waals surface area (Å²) in [5.74, 6) is 0. The van der Waals surface area contributed by atoms with Crippen molar-refractivity contribution in [1.82, 2.24) is 0 Å². The van der Waals surface area contributed by atoms with Crippen molar-refractivity contribution >= 4 is 0 Å². The van der Waals surface area contributed by atoms with E-state index in [4.69, 9.17) is 5.73 Å². The molecule has 0 saturated carbocycles. The zero-order chi connectivity index (χ0) is 11.7. The zero-order valence-corrected chi connectivity index (χ0v) is 10.2. The van der Waals surface area contributed by atoms with Crippen molar-refractivity contribution in [3.8, 4) is 0 Å². The quantitative estimate of drug-likeness (QED) is 0.747. The molecule has 0 radical (unpaired) electrons. The molecule has 0 aliphatic heterocycles. The predicted octanol–water partition coefficient (Wildman–Crippen LogP) is 3.55. The molecule has 0 aromatic heterocycles. The van der Waals surface area contributed by atoms with Crippen LogP contribution in [0.25, 0.3) is 0 Å². The standard InChI is InChI=1S/C12H17N.C2H6/c1-3-10(2)12(13)9-11-7-5-4-6-8-11;1-2/h4-8,12H,2-3,9,13H2,1H3;1-2H3. The molecule has 1 unspecified atom stereocenters. The third-order valence-corrected chi connectivity index (χ3v) is 2.28. The Bertz CT molecular complexity index is 264. The molecule has 0 fully saturated rings. The number of hydrogen-bond donors (Lipinski definition) is 1. The van der Waals surface area contributed by atoms with Gasteiger partial charge in [-0.05, 0) is 18.4 Å². The third-order valence-electron chi connectivity index (χ3n) is 2.28. The lowest BCUT2D eigenvalue weighted by atomic mass is 9.99. The van der Waals surface area contributed by atoms with Crippen LogP contribution in [0.15, 0.2) is 42.5 Å². The zero-order valence-electron chi connectivity index (χ0n) is 10.2. The molecule has 0 aliphatic carbocycles. The number of nitrogens with two attached hydrogens (primary N) is 1. The normalized spacial score (nSPS) is 11.2. The molecule has 0 saturated heterocycles. The van der Waals surface area contributed by atoms with Crippen LogP contribution in [0, 0.1) is 0 Å². The summed E-state index contributed by atoms with van der Waals surface area (Å²) in [6, 6.07) is 10.4. The highest BCUT2D eigenvalue weighted by atomic mass is 14.6. The van der Waals surface area contributed by atoms with Gasteiger partial charge in [0.05, 0.1) is 0 Å². The third kappa shape index (κ3) is 5.38. The van der Waals surface area contributed by atoms with E-state index in [0.717, 1.165) is 18.4 Å². The average Bonchev–Trinajstić information content (AvgIpc) is 2.32. The molecule has 84 valence electrons. The topological polar surface area (TPSA) is 26.0 Å². The summed E-state index contributed by atoms with van der Waals surface area (Å²) in [6.45, 7) is 10.0. The average molecular weight is 205 g/mol. The lowest BCUT2D eigenvalue weighted by molar-refractivity contribution is 0.738. The van der Waals surface area contributed by atoms with Gasteiger partial charge in [0.25, 0.3) is 0 Å². The largest absolute Gasteiger partial charge is 0.324 e. The van der Waals surface area contributed by atoms with E-state index in [9.17, 15) is 0 Å². The minimum atomic E-state index is 0.104. The van der Waals surface area contributed by atoms with Crippen molar-refractivity contribution in [1.29, 1.82) is 0 Å². The SMILES string of the molecule is C=C(CC)C(N)Cc1ccccc1.CC. The molecule has 0 aliphatic rings. The Morgan fingerprint density at radius 1 is 1.27 bits per heavy atom. The molecule has 1 nitrogen and oxygen atoms in total. The molecule has 2 N–H and O–H groups in total. The van der Waals surface area contributed by atoms with Gasteiger partial charge >= 0.3 is 0 Å². The molecule has 0 heterocycles. The molecule has 1 heteroatoms. The highest BCUT2D eigenvalue weighted by Crippen LogP contribution is 2.08. The van der Waals surface area contributed by atoms with Crippen LogP contribution < -0.4 is 5.73 Å². The van der Waals surface area contributed by atoms with Crippen LogP contribution in [-0.4, -0.2) is 6.04 Å². The van der Waals surface area contributed by atoms with Gasteiger partial charge in [-0.2, -0.15) is 0 Å². The first-order chi connectivity index (χ1) is 7.24. The van der Waals surface area contributed by atoms with E-state index in [1.807, 2.05) is 32.0 Å². The van der Waals surface area contributed by atoms with Crippen molar-refractivity contribution in [3.05, 3.63) is 48.0 Å². The fraction of sp³-hybridized carbons (Fsp3) is 0.429. The summed E-state index contributed by atoms with van der Waals surface area (Å²) in [6.07, 6.45) is 1.86. The van der Waals surface area contributed by atoms with Crippen molar-refractivity contribution < 1.29 is 0 Å².